The molecular weight excluding hydrogens is 308 g/mol. The second-order valence-corrected chi connectivity index (χ2v) is 6.56. The second-order valence-electron chi connectivity index (χ2n) is 6.56. The molecule has 3 rings (SSSR count). The fourth-order valence-electron chi connectivity index (χ4n) is 3.03. The molecule has 0 aromatic heterocycles. The van der Waals surface area contributed by atoms with E-state index in [-0.39, 0.29) is 42.9 Å². The zero-order valence-electron chi connectivity index (χ0n) is 13.6. The highest BCUT2D eigenvalue weighted by atomic mass is 16.5. The summed E-state index contributed by atoms with van der Waals surface area (Å²) in [5.41, 5.74) is 0.756. The molecule has 6 nitrogen and oxygen atoms in total. The van der Waals surface area contributed by atoms with Crippen LogP contribution in [0.4, 0.5) is 5.69 Å². The predicted octanol–water partition coefficient (Wildman–Crippen LogP) is 1.45. The van der Waals surface area contributed by atoms with Crippen molar-refractivity contribution in [2.75, 3.05) is 11.9 Å². The fourth-order valence-corrected chi connectivity index (χ4v) is 3.03. The van der Waals surface area contributed by atoms with Gasteiger partial charge in [0.05, 0.1) is 25.2 Å². The van der Waals surface area contributed by atoms with E-state index in [9.17, 15) is 14.7 Å². The molecular formula is C18H24N2O4. The van der Waals surface area contributed by atoms with Gasteiger partial charge in [-0.1, -0.05) is 18.2 Å². The maximum absolute atomic E-state index is 12.1. The molecule has 1 aliphatic heterocycles. The third-order valence-electron chi connectivity index (χ3n) is 4.54. The van der Waals surface area contributed by atoms with Gasteiger partial charge in [0.2, 0.25) is 11.8 Å². The molecule has 24 heavy (non-hydrogen) atoms. The van der Waals surface area contributed by atoms with E-state index in [2.05, 4.69) is 10.6 Å². The zero-order chi connectivity index (χ0) is 16.9. The molecule has 6 heteroatoms. The van der Waals surface area contributed by atoms with Crippen molar-refractivity contribution in [3.05, 3.63) is 30.3 Å². The van der Waals surface area contributed by atoms with Crippen LogP contribution < -0.4 is 10.6 Å². The van der Waals surface area contributed by atoms with E-state index < -0.39 is 6.10 Å². The van der Waals surface area contributed by atoms with Gasteiger partial charge < -0.3 is 20.5 Å². The van der Waals surface area contributed by atoms with Crippen LogP contribution in [-0.2, 0) is 14.3 Å². The Morgan fingerprint density at radius 3 is 2.54 bits per heavy atom. The summed E-state index contributed by atoms with van der Waals surface area (Å²) < 4.78 is 5.83. The summed E-state index contributed by atoms with van der Waals surface area (Å²) in [6.45, 7) is -0.160. The minimum atomic E-state index is -0.448. The number of ether oxygens (including phenoxy) is 1. The topological polar surface area (TPSA) is 87.7 Å². The molecule has 1 aromatic rings. The molecule has 0 unspecified atom stereocenters. The number of aliphatic hydroxyl groups is 1. The van der Waals surface area contributed by atoms with Crippen LogP contribution >= 0.6 is 0 Å². The Kier molecular flexibility index (Phi) is 5.48. The lowest BCUT2D eigenvalue weighted by Gasteiger charge is -2.36. The Morgan fingerprint density at radius 1 is 1.12 bits per heavy atom. The van der Waals surface area contributed by atoms with Crippen molar-refractivity contribution >= 4 is 17.5 Å². The van der Waals surface area contributed by atoms with E-state index in [4.69, 9.17) is 4.74 Å². The summed E-state index contributed by atoms with van der Waals surface area (Å²) in [7, 11) is 0. The summed E-state index contributed by atoms with van der Waals surface area (Å²) in [5.74, 6) is 0.0874. The van der Waals surface area contributed by atoms with E-state index in [1.165, 1.54) is 0 Å². The molecule has 130 valence electrons. The number of rotatable bonds is 6. The molecule has 2 amide bonds. The zero-order valence-corrected chi connectivity index (χ0v) is 13.6. The number of nitrogens with one attached hydrogen (secondary N) is 2. The summed E-state index contributed by atoms with van der Waals surface area (Å²) in [5, 5.41) is 15.3. The van der Waals surface area contributed by atoms with Gasteiger partial charge in [-0.15, -0.1) is 0 Å². The maximum Gasteiger partial charge on any atom is 0.226 e. The molecule has 2 aliphatic rings. The number of hydrogen-bond donors (Lipinski definition) is 3. The molecule has 2 fully saturated rings. The standard InChI is InChI=1S/C18H24N2O4/c21-11-16-15(20-18(23)12-6-7-12)9-8-14(24-16)10-17(22)19-13-4-2-1-3-5-13/h1-5,12,14-16,21H,6-11H2,(H,19,22)(H,20,23)/t14-,15-,16-/m1/s1. The van der Waals surface area contributed by atoms with Gasteiger partial charge in [-0.25, -0.2) is 0 Å². The number of hydrogen-bond acceptors (Lipinski definition) is 4. The SMILES string of the molecule is O=C(C[C@H]1CC[C@@H](NC(=O)C2CC2)[C@@H](CO)O1)Nc1ccccc1. The van der Waals surface area contributed by atoms with Gasteiger partial charge in [0, 0.05) is 11.6 Å². The Balaban J connectivity index is 1.47. The van der Waals surface area contributed by atoms with E-state index in [0.717, 1.165) is 18.5 Å². The van der Waals surface area contributed by atoms with E-state index >= 15 is 0 Å². The number of anilines is 1. The summed E-state index contributed by atoms with van der Waals surface area (Å²) in [4.78, 5) is 24.0. The second kappa shape index (κ2) is 7.77. The van der Waals surface area contributed by atoms with Crippen molar-refractivity contribution in [3.8, 4) is 0 Å². The smallest absolute Gasteiger partial charge is 0.226 e. The Bertz CT molecular complexity index is 574. The first-order valence-electron chi connectivity index (χ1n) is 8.57. The van der Waals surface area contributed by atoms with Crippen LogP contribution in [0.1, 0.15) is 32.1 Å². The van der Waals surface area contributed by atoms with Gasteiger partial charge in [-0.2, -0.15) is 0 Å². The van der Waals surface area contributed by atoms with Crippen molar-refractivity contribution in [2.45, 2.75) is 50.4 Å². The number of amides is 2. The van der Waals surface area contributed by atoms with Gasteiger partial charge in [-0.05, 0) is 37.8 Å². The molecule has 3 atom stereocenters. The molecule has 0 bridgehead atoms. The summed E-state index contributed by atoms with van der Waals surface area (Å²) in [6.07, 6.45) is 2.86. The average molecular weight is 332 g/mol. The number of para-hydroxylation sites is 1. The first-order valence-corrected chi connectivity index (χ1v) is 8.57. The van der Waals surface area contributed by atoms with Crippen molar-refractivity contribution < 1.29 is 19.4 Å². The first-order chi connectivity index (χ1) is 11.7. The lowest BCUT2D eigenvalue weighted by molar-refractivity contribution is -0.134. The van der Waals surface area contributed by atoms with E-state index in [1.807, 2.05) is 30.3 Å². The number of carbonyl (C=O) groups is 2. The minimum Gasteiger partial charge on any atom is -0.394 e. The molecule has 1 aromatic carbocycles. The van der Waals surface area contributed by atoms with Crippen LogP contribution in [0.2, 0.25) is 0 Å². The monoisotopic (exact) mass is 332 g/mol. The Labute approximate surface area is 141 Å². The first kappa shape index (κ1) is 16.9. The van der Waals surface area contributed by atoms with Gasteiger partial charge >= 0.3 is 0 Å². The van der Waals surface area contributed by atoms with Gasteiger partial charge in [0.15, 0.2) is 0 Å². The van der Waals surface area contributed by atoms with Crippen molar-refractivity contribution in [1.29, 1.82) is 0 Å². The minimum absolute atomic E-state index is 0.0577. The summed E-state index contributed by atoms with van der Waals surface area (Å²) in [6, 6.07) is 9.11. The Hall–Kier alpha value is -1.92. The van der Waals surface area contributed by atoms with Gasteiger partial charge in [0.25, 0.3) is 0 Å². The largest absolute Gasteiger partial charge is 0.394 e. The number of carbonyl (C=O) groups excluding carboxylic acids is 2. The highest BCUT2D eigenvalue weighted by Crippen LogP contribution is 2.30. The van der Waals surface area contributed by atoms with Gasteiger partial charge in [-0.3, -0.25) is 9.59 Å². The molecule has 1 aliphatic carbocycles. The lowest BCUT2D eigenvalue weighted by Crippen LogP contribution is -2.51. The third-order valence-corrected chi connectivity index (χ3v) is 4.54. The molecule has 1 saturated heterocycles. The third kappa shape index (κ3) is 4.55. The average Bonchev–Trinajstić information content (AvgIpc) is 3.42. The fraction of sp³-hybridized carbons (Fsp3) is 0.556. The molecule has 1 heterocycles. The molecule has 0 spiro atoms. The van der Waals surface area contributed by atoms with Crippen molar-refractivity contribution in [3.63, 3.8) is 0 Å². The number of benzene rings is 1. The van der Waals surface area contributed by atoms with Crippen molar-refractivity contribution in [1.82, 2.24) is 5.32 Å². The molecule has 1 saturated carbocycles. The predicted molar refractivity (Wildman–Crippen MR) is 89.3 cm³/mol. The van der Waals surface area contributed by atoms with Crippen LogP contribution in [-0.4, -0.2) is 41.8 Å². The number of aliphatic hydroxyl groups excluding tert-OH is 1. The normalized spacial score (nSPS) is 26.6. The van der Waals surface area contributed by atoms with Crippen molar-refractivity contribution in [2.24, 2.45) is 5.92 Å². The maximum atomic E-state index is 12.1. The molecule has 3 N–H and O–H groups in total. The van der Waals surface area contributed by atoms with Crippen LogP contribution in [0.3, 0.4) is 0 Å². The molecule has 0 radical (unpaired) electrons. The highest BCUT2D eigenvalue weighted by molar-refractivity contribution is 5.91. The summed E-state index contributed by atoms with van der Waals surface area (Å²) >= 11 is 0. The van der Waals surface area contributed by atoms with Crippen LogP contribution in [0.25, 0.3) is 0 Å². The Morgan fingerprint density at radius 2 is 1.88 bits per heavy atom. The van der Waals surface area contributed by atoms with Crippen LogP contribution in [0, 0.1) is 5.92 Å². The quantitative estimate of drug-likeness (QED) is 0.736. The lowest BCUT2D eigenvalue weighted by atomic mass is 9.96. The van der Waals surface area contributed by atoms with Crippen LogP contribution in [0.15, 0.2) is 30.3 Å². The van der Waals surface area contributed by atoms with E-state index in [1.54, 1.807) is 0 Å². The van der Waals surface area contributed by atoms with Crippen LogP contribution in [0.5, 0.6) is 0 Å². The van der Waals surface area contributed by atoms with Gasteiger partial charge in [0.1, 0.15) is 6.10 Å². The highest BCUT2D eigenvalue weighted by Gasteiger charge is 2.36. The van der Waals surface area contributed by atoms with E-state index in [0.29, 0.717) is 12.8 Å².